The number of carbonyl (C=O) groups excluding carboxylic acids is 4. The number of amides is 4. The van der Waals surface area contributed by atoms with Crippen LogP contribution in [0.2, 0.25) is 0 Å². The number of hydrazine groups is 1. The molecule has 4 amide bonds. The van der Waals surface area contributed by atoms with E-state index in [0.717, 1.165) is 44.5 Å². The largest absolute Gasteiger partial charge is 0.507 e. The molecule has 0 aliphatic carbocycles. The van der Waals surface area contributed by atoms with E-state index in [1.54, 1.807) is 0 Å². The Balaban J connectivity index is 0.000000390. The molecule has 0 radical (unpaired) electrons. The molecule has 12 nitrogen and oxygen atoms in total. The third-order valence-electron chi connectivity index (χ3n) is 9.76. The topological polar surface area (TPSA) is 182 Å². The summed E-state index contributed by atoms with van der Waals surface area (Å²) in [5, 5.41) is 29.2. The van der Waals surface area contributed by atoms with Crippen LogP contribution in [0.15, 0.2) is 95.1 Å². The van der Waals surface area contributed by atoms with Gasteiger partial charge in [-0.3, -0.25) is 30.0 Å². The van der Waals surface area contributed by atoms with Crippen LogP contribution in [0.25, 0.3) is 0 Å². The van der Waals surface area contributed by atoms with Crippen molar-refractivity contribution >= 4 is 36.1 Å². The Bertz CT molecular complexity index is 1990. The first-order valence-electron chi connectivity index (χ1n) is 20.8. The fraction of sp³-hybridized carbons (Fsp3) is 0.400. The van der Waals surface area contributed by atoms with Gasteiger partial charge < -0.3 is 10.2 Å². The molecule has 62 heavy (non-hydrogen) atoms. The standard InChI is InChI=1S/C34H52N2O4.C16H14N4O2/c1-31(2,3)23-17-21(18-24(29(23)39)32(4,5)6)13-15-27(37)35-36-28(38)16-14-22-19-25(33(7,8)9)30(40)26(20-22)34(10,11)12;21-15(19-17-11-13-7-3-1-4-8-13)16(22)20-18-12-14-9-5-2-6-10-14/h17-20,39-40H,13-16H2,1-12H3,(H,35,37)(H,36,38);1-12H,(H,19,21)(H,20,22). The van der Waals surface area contributed by atoms with Gasteiger partial charge in [0.15, 0.2) is 0 Å². The molecule has 0 aliphatic heterocycles. The van der Waals surface area contributed by atoms with Crippen LogP contribution >= 0.6 is 0 Å². The van der Waals surface area contributed by atoms with E-state index in [9.17, 15) is 29.4 Å². The third kappa shape index (κ3) is 15.9. The zero-order valence-electron chi connectivity index (χ0n) is 38.5. The molecule has 0 saturated heterocycles. The van der Waals surface area contributed by atoms with Crippen LogP contribution in [-0.4, -0.2) is 46.3 Å². The maximum Gasteiger partial charge on any atom is 0.331 e. The van der Waals surface area contributed by atoms with Gasteiger partial charge in [0.05, 0.1) is 12.4 Å². The minimum atomic E-state index is -0.891. The molecule has 332 valence electrons. The molecule has 12 heteroatoms. The summed E-state index contributed by atoms with van der Waals surface area (Å²) in [7, 11) is 0. The molecule has 0 unspecified atom stereocenters. The Labute approximate surface area is 367 Å². The zero-order chi connectivity index (χ0) is 46.5. The van der Waals surface area contributed by atoms with Crippen LogP contribution in [0.1, 0.15) is 140 Å². The van der Waals surface area contributed by atoms with Gasteiger partial charge in [0, 0.05) is 12.8 Å². The summed E-state index contributed by atoms with van der Waals surface area (Å²) in [6, 6.07) is 26.3. The Kier molecular flexibility index (Phi) is 17.3. The second-order valence-electron chi connectivity index (χ2n) is 19.4. The quantitative estimate of drug-likeness (QED) is 0.0531. The van der Waals surface area contributed by atoms with E-state index < -0.39 is 11.8 Å². The van der Waals surface area contributed by atoms with Crippen molar-refractivity contribution in [1.29, 1.82) is 0 Å². The molecule has 4 rings (SSSR count). The monoisotopic (exact) mass is 847 g/mol. The van der Waals surface area contributed by atoms with Gasteiger partial charge in [0.2, 0.25) is 11.8 Å². The van der Waals surface area contributed by atoms with Crippen LogP contribution in [0.3, 0.4) is 0 Å². The second kappa shape index (κ2) is 21.5. The number of hydrogen-bond acceptors (Lipinski definition) is 8. The number of hydrazone groups is 2. The average Bonchev–Trinajstić information content (AvgIpc) is 3.18. The van der Waals surface area contributed by atoms with E-state index in [0.29, 0.717) is 24.3 Å². The first-order valence-corrected chi connectivity index (χ1v) is 20.8. The third-order valence-corrected chi connectivity index (χ3v) is 9.76. The lowest BCUT2D eigenvalue weighted by Crippen LogP contribution is -2.41. The van der Waals surface area contributed by atoms with Gasteiger partial charge in [-0.2, -0.15) is 10.2 Å². The number of phenols is 2. The van der Waals surface area contributed by atoms with Crippen molar-refractivity contribution < 1.29 is 29.4 Å². The maximum atomic E-state index is 12.6. The molecule has 0 atom stereocenters. The van der Waals surface area contributed by atoms with Crippen molar-refractivity contribution in [2.75, 3.05) is 0 Å². The Hall–Kier alpha value is -6.30. The van der Waals surface area contributed by atoms with Gasteiger partial charge in [-0.1, -0.05) is 168 Å². The number of phenolic OH excluding ortho intramolecular Hbond substituents is 2. The fourth-order valence-corrected chi connectivity index (χ4v) is 6.25. The molecule has 6 N–H and O–H groups in total. The van der Waals surface area contributed by atoms with Gasteiger partial charge in [0.25, 0.3) is 0 Å². The lowest BCUT2D eigenvalue weighted by molar-refractivity contribution is -0.139. The van der Waals surface area contributed by atoms with Crippen molar-refractivity contribution in [2.24, 2.45) is 10.2 Å². The first kappa shape index (κ1) is 50.1. The number of aromatic hydroxyl groups is 2. The summed E-state index contributed by atoms with van der Waals surface area (Å²) in [5.41, 5.74) is 15.4. The van der Waals surface area contributed by atoms with Gasteiger partial charge in [-0.25, -0.2) is 10.9 Å². The van der Waals surface area contributed by atoms with Crippen molar-refractivity contribution in [3.8, 4) is 11.5 Å². The van der Waals surface area contributed by atoms with Gasteiger partial charge >= 0.3 is 11.8 Å². The minimum Gasteiger partial charge on any atom is -0.507 e. The lowest BCUT2D eigenvalue weighted by Gasteiger charge is -2.28. The Morgan fingerprint density at radius 2 is 0.758 bits per heavy atom. The molecule has 4 aromatic rings. The smallest absolute Gasteiger partial charge is 0.331 e. The summed E-state index contributed by atoms with van der Waals surface area (Å²) in [6.45, 7) is 24.7. The van der Waals surface area contributed by atoms with Crippen LogP contribution in [0.4, 0.5) is 0 Å². The number of carbonyl (C=O) groups is 4. The predicted octanol–water partition coefficient (Wildman–Crippen LogP) is 8.29. The van der Waals surface area contributed by atoms with E-state index in [1.165, 1.54) is 12.4 Å². The summed E-state index contributed by atoms with van der Waals surface area (Å²) >= 11 is 0. The number of rotatable bonds is 10. The lowest BCUT2D eigenvalue weighted by atomic mass is 9.78. The van der Waals surface area contributed by atoms with Gasteiger partial charge in [-0.05, 0) is 79.0 Å². The normalized spacial score (nSPS) is 12.1. The fourth-order valence-electron chi connectivity index (χ4n) is 6.25. The molecule has 0 aliphatic rings. The van der Waals surface area contributed by atoms with Crippen molar-refractivity contribution in [1.82, 2.24) is 21.7 Å². The van der Waals surface area contributed by atoms with E-state index in [2.05, 4.69) is 115 Å². The SMILES string of the molecule is CC(C)(C)c1cc(CCC(=O)NNC(=O)CCc2cc(C(C)(C)C)c(O)c(C(C)(C)C)c2)cc(C(C)(C)C)c1O.O=C(NN=Cc1ccccc1)C(=O)NN=Cc1ccccc1. The summed E-state index contributed by atoms with van der Waals surface area (Å²) in [4.78, 5) is 48.1. The molecule has 0 spiro atoms. The number of nitrogens with one attached hydrogen (secondary N) is 4. The molecular formula is C50H66N6O6. The highest BCUT2D eigenvalue weighted by Crippen LogP contribution is 2.41. The molecule has 0 bridgehead atoms. The van der Waals surface area contributed by atoms with E-state index in [1.807, 2.05) is 84.9 Å². The zero-order valence-corrected chi connectivity index (χ0v) is 38.5. The molecule has 0 heterocycles. The number of nitrogens with zero attached hydrogens (tertiary/aromatic N) is 2. The highest BCUT2D eigenvalue weighted by atomic mass is 16.3. The van der Waals surface area contributed by atoms with Gasteiger partial charge in [-0.15, -0.1) is 0 Å². The van der Waals surface area contributed by atoms with Crippen LogP contribution in [0.5, 0.6) is 11.5 Å². The number of benzene rings is 4. The van der Waals surface area contributed by atoms with Crippen LogP contribution in [-0.2, 0) is 53.7 Å². The number of aryl methyl sites for hydroxylation is 2. The molecule has 4 aromatic carbocycles. The molecule has 0 saturated carbocycles. The second-order valence-corrected chi connectivity index (χ2v) is 19.4. The summed E-state index contributed by atoms with van der Waals surface area (Å²) in [5.74, 6) is -1.69. The Morgan fingerprint density at radius 1 is 0.484 bits per heavy atom. The molecule has 0 fully saturated rings. The maximum absolute atomic E-state index is 12.6. The minimum absolute atomic E-state index is 0.208. The molecule has 0 aromatic heterocycles. The molecular weight excluding hydrogens is 781 g/mol. The van der Waals surface area contributed by atoms with Crippen molar-refractivity contribution in [3.05, 3.63) is 129 Å². The first-order chi connectivity index (χ1) is 28.8. The number of hydrogen-bond donors (Lipinski definition) is 6. The highest BCUT2D eigenvalue weighted by Gasteiger charge is 2.28. The summed E-state index contributed by atoms with van der Waals surface area (Å²) in [6.07, 6.45) is 4.29. The Morgan fingerprint density at radius 3 is 1.02 bits per heavy atom. The van der Waals surface area contributed by atoms with E-state index in [-0.39, 0.29) is 46.3 Å². The van der Waals surface area contributed by atoms with Gasteiger partial charge in [0.1, 0.15) is 11.5 Å². The van der Waals surface area contributed by atoms with Crippen LogP contribution < -0.4 is 21.7 Å². The van der Waals surface area contributed by atoms with E-state index >= 15 is 0 Å². The van der Waals surface area contributed by atoms with Crippen molar-refractivity contribution in [2.45, 2.75) is 130 Å². The van der Waals surface area contributed by atoms with Crippen molar-refractivity contribution in [3.63, 3.8) is 0 Å². The van der Waals surface area contributed by atoms with Crippen LogP contribution in [0, 0.1) is 0 Å². The van der Waals surface area contributed by atoms with E-state index in [4.69, 9.17) is 0 Å². The summed E-state index contributed by atoms with van der Waals surface area (Å²) < 4.78 is 0. The highest BCUT2D eigenvalue weighted by molar-refractivity contribution is 6.35. The predicted molar refractivity (Wildman–Crippen MR) is 248 cm³/mol. The average molecular weight is 847 g/mol.